The summed E-state index contributed by atoms with van der Waals surface area (Å²) in [5, 5.41) is 6.21. The fourth-order valence-corrected chi connectivity index (χ4v) is 5.31. The summed E-state index contributed by atoms with van der Waals surface area (Å²) in [7, 11) is 0. The van der Waals surface area contributed by atoms with E-state index in [2.05, 4.69) is 10.6 Å². The van der Waals surface area contributed by atoms with Crippen molar-refractivity contribution >= 4 is 47.0 Å². The Hall–Kier alpha value is -2.71. The number of hydrogen-bond donors (Lipinski definition) is 2. The molecular formula is C31H44ClN3O4S. The van der Waals surface area contributed by atoms with Crippen LogP contribution < -0.4 is 10.6 Å². The second kappa shape index (κ2) is 13.8. The van der Waals surface area contributed by atoms with Crippen LogP contribution in [0.3, 0.4) is 0 Å². The van der Waals surface area contributed by atoms with Gasteiger partial charge in [0.15, 0.2) is 0 Å². The maximum Gasteiger partial charge on any atom is 0.408 e. The molecule has 2 unspecified atom stereocenters. The number of anilines is 1. The number of alkyl carbamates (subject to hydrolysis) is 1. The van der Waals surface area contributed by atoms with Crippen LogP contribution in [0.5, 0.6) is 0 Å². The minimum atomic E-state index is -0.999. The summed E-state index contributed by atoms with van der Waals surface area (Å²) in [6.07, 6.45) is 1.63. The van der Waals surface area contributed by atoms with Gasteiger partial charge in [0.25, 0.3) is 5.91 Å². The SMILES string of the molecule is CSCCC(NC(=O)OC(C)(C)C)C(=O)N(C(C(=O)Nc1c(C)cccc1Cl)c1c(C)cccc1C)C(C)(C)C. The smallest absolute Gasteiger partial charge is 0.408 e. The molecule has 2 N–H and O–H groups in total. The molecule has 0 fully saturated rings. The van der Waals surface area contributed by atoms with E-state index in [1.807, 2.05) is 78.1 Å². The van der Waals surface area contributed by atoms with Crippen molar-refractivity contribution < 1.29 is 19.1 Å². The van der Waals surface area contributed by atoms with Gasteiger partial charge in [-0.2, -0.15) is 11.8 Å². The molecule has 2 atom stereocenters. The number of hydrogen-bond acceptors (Lipinski definition) is 5. The number of benzene rings is 2. The monoisotopic (exact) mass is 589 g/mol. The summed E-state index contributed by atoms with van der Waals surface area (Å²) in [5.41, 5.74) is 2.26. The average molecular weight is 590 g/mol. The molecule has 7 nitrogen and oxygen atoms in total. The molecule has 0 aliphatic rings. The second-order valence-electron chi connectivity index (χ2n) is 12.0. The van der Waals surface area contributed by atoms with Crippen molar-refractivity contribution in [2.45, 2.75) is 92.0 Å². The average Bonchev–Trinajstić information content (AvgIpc) is 2.81. The Morgan fingerprint density at radius 2 is 1.50 bits per heavy atom. The lowest BCUT2D eigenvalue weighted by Gasteiger charge is -2.43. The molecule has 3 amide bonds. The zero-order valence-electron chi connectivity index (χ0n) is 25.4. The molecule has 0 bridgehead atoms. The van der Waals surface area contributed by atoms with Crippen LogP contribution in [0.15, 0.2) is 36.4 Å². The molecule has 220 valence electrons. The van der Waals surface area contributed by atoms with Crippen molar-refractivity contribution in [3.05, 3.63) is 63.7 Å². The standard InChI is InChI=1S/C31H44ClN3O4S/c1-19-13-11-14-20(2)24(19)26(27(36)34-25-21(3)15-12-16-22(25)32)35(30(4,5)6)28(37)23(17-18-40-10)33-29(38)39-31(7,8)9/h11-16,23,26H,17-18H2,1-10H3,(H,33,38)(H,34,36). The van der Waals surface area contributed by atoms with Gasteiger partial charge in [0.2, 0.25) is 5.91 Å². The van der Waals surface area contributed by atoms with Crippen LogP contribution in [-0.4, -0.2) is 52.0 Å². The lowest BCUT2D eigenvalue weighted by Crippen LogP contribution is -2.58. The Labute approximate surface area is 248 Å². The van der Waals surface area contributed by atoms with Gasteiger partial charge in [0.05, 0.1) is 10.7 Å². The number of amides is 3. The summed E-state index contributed by atoms with van der Waals surface area (Å²) in [6, 6.07) is 9.29. The van der Waals surface area contributed by atoms with Crippen LogP contribution in [0, 0.1) is 20.8 Å². The largest absolute Gasteiger partial charge is 0.444 e. The van der Waals surface area contributed by atoms with Gasteiger partial charge in [-0.15, -0.1) is 0 Å². The van der Waals surface area contributed by atoms with Crippen LogP contribution in [0.25, 0.3) is 0 Å². The van der Waals surface area contributed by atoms with E-state index in [0.717, 1.165) is 22.3 Å². The van der Waals surface area contributed by atoms with E-state index in [1.54, 1.807) is 43.5 Å². The third-order valence-electron chi connectivity index (χ3n) is 6.35. The minimum absolute atomic E-state index is 0.369. The molecule has 40 heavy (non-hydrogen) atoms. The topological polar surface area (TPSA) is 87.7 Å². The molecule has 9 heteroatoms. The first kappa shape index (κ1) is 33.5. The van der Waals surface area contributed by atoms with Crippen LogP contribution in [-0.2, 0) is 14.3 Å². The predicted octanol–water partition coefficient (Wildman–Crippen LogP) is 7.22. The van der Waals surface area contributed by atoms with E-state index in [9.17, 15) is 14.4 Å². The number of rotatable bonds is 9. The first-order chi connectivity index (χ1) is 18.5. The van der Waals surface area contributed by atoms with Crippen molar-refractivity contribution in [1.29, 1.82) is 0 Å². The summed E-state index contributed by atoms with van der Waals surface area (Å²) in [5.74, 6) is -0.132. The quantitative estimate of drug-likeness (QED) is 0.322. The number of aryl methyl sites for hydroxylation is 3. The second-order valence-corrected chi connectivity index (χ2v) is 13.4. The first-order valence-electron chi connectivity index (χ1n) is 13.4. The van der Waals surface area contributed by atoms with Gasteiger partial charge in [-0.1, -0.05) is 41.9 Å². The summed E-state index contributed by atoms with van der Waals surface area (Å²) < 4.78 is 5.48. The molecule has 0 saturated heterocycles. The van der Waals surface area contributed by atoms with Crippen molar-refractivity contribution in [3.63, 3.8) is 0 Å². The number of para-hydroxylation sites is 1. The molecule has 0 spiro atoms. The van der Waals surface area contributed by atoms with Gasteiger partial charge < -0.3 is 20.3 Å². The lowest BCUT2D eigenvalue weighted by atomic mass is 9.90. The number of nitrogens with zero attached hydrogens (tertiary/aromatic N) is 1. The third kappa shape index (κ3) is 8.90. The van der Waals surface area contributed by atoms with E-state index in [4.69, 9.17) is 16.3 Å². The molecule has 0 aromatic heterocycles. The van der Waals surface area contributed by atoms with Crippen LogP contribution in [0.4, 0.5) is 10.5 Å². The number of carbonyl (C=O) groups excluding carboxylic acids is 3. The number of halogens is 1. The molecule has 0 aliphatic heterocycles. The first-order valence-corrected chi connectivity index (χ1v) is 15.2. The maximum atomic E-state index is 14.5. The fourth-order valence-electron chi connectivity index (χ4n) is 4.57. The predicted molar refractivity (Wildman–Crippen MR) is 166 cm³/mol. The molecule has 2 rings (SSSR count). The fraction of sp³-hybridized carbons (Fsp3) is 0.516. The highest BCUT2D eigenvalue weighted by atomic mass is 35.5. The maximum absolute atomic E-state index is 14.5. The van der Waals surface area contributed by atoms with Gasteiger partial charge in [-0.05, 0) is 109 Å². The normalized spacial score (nSPS) is 13.3. The molecule has 2 aromatic carbocycles. The van der Waals surface area contributed by atoms with Gasteiger partial charge >= 0.3 is 6.09 Å². The number of ether oxygens (including phenoxy) is 1. The summed E-state index contributed by atoms with van der Waals surface area (Å²) in [4.78, 5) is 43.1. The van der Waals surface area contributed by atoms with E-state index in [-0.39, 0.29) is 5.91 Å². The van der Waals surface area contributed by atoms with Gasteiger partial charge in [-0.25, -0.2) is 4.79 Å². The van der Waals surface area contributed by atoms with Crippen LogP contribution >= 0.6 is 23.4 Å². The Kier molecular flexibility index (Phi) is 11.5. The molecular weight excluding hydrogens is 546 g/mol. The van der Waals surface area contributed by atoms with Gasteiger partial charge in [0.1, 0.15) is 17.7 Å². The Morgan fingerprint density at radius 1 is 0.950 bits per heavy atom. The highest BCUT2D eigenvalue weighted by Gasteiger charge is 2.43. The van der Waals surface area contributed by atoms with E-state index in [0.29, 0.717) is 22.9 Å². The van der Waals surface area contributed by atoms with E-state index < -0.39 is 35.2 Å². The van der Waals surface area contributed by atoms with Crippen molar-refractivity contribution in [2.24, 2.45) is 0 Å². The molecule has 0 saturated carbocycles. The van der Waals surface area contributed by atoms with E-state index in [1.165, 1.54) is 0 Å². The van der Waals surface area contributed by atoms with Crippen molar-refractivity contribution in [3.8, 4) is 0 Å². The summed E-state index contributed by atoms with van der Waals surface area (Å²) in [6.45, 7) is 16.7. The van der Waals surface area contributed by atoms with Crippen LogP contribution in [0.2, 0.25) is 5.02 Å². The van der Waals surface area contributed by atoms with Crippen molar-refractivity contribution in [1.82, 2.24) is 10.2 Å². The molecule has 0 radical (unpaired) electrons. The Bertz CT molecular complexity index is 1180. The van der Waals surface area contributed by atoms with Gasteiger partial charge in [-0.3, -0.25) is 9.59 Å². The highest BCUT2D eigenvalue weighted by Crippen LogP contribution is 2.36. The Morgan fingerprint density at radius 3 is 2.00 bits per heavy atom. The highest BCUT2D eigenvalue weighted by molar-refractivity contribution is 7.98. The third-order valence-corrected chi connectivity index (χ3v) is 7.31. The number of nitrogens with one attached hydrogen (secondary N) is 2. The lowest BCUT2D eigenvalue weighted by molar-refractivity contribution is -0.146. The Balaban J connectivity index is 2.69. The number of thioether (sulfide) groups is 1. The van der Waals surface area contributed by atoms with Crippen LogP contribution in [0.1, 0.15) is 76.3 Å². The summed E-state index contributed by atoms with van der Waals surface area (Å²) >= 11 is 8.05. The zero-order chi connectivity index (χ0) is 30.4. The number of carbonyl (C=O) groups is 3. The zero-order valence-corrected chi connectivity index (χ0v) is 27.0. The van der Waals surface area contributed by atoms with Crippen molar-refractivity contribution in [2.75, 3.05) is 17.3 Å². The minimum Gasteiger partial charge on any atom is -0.444 e. The molecule has 2 aromatic rings. The van der Waals surface area contributed by atoms with E-state index >= 15 is 0 Å². The molecule has 0 heterocycles. The molecule has 0 aliphatic carbocycles. The van der Waals surface area contributed by atoms with Gasteiger partial charge in [0, 0.05) is 5.54 Å².